The van der Waals surface area contributed by atoms with Gasteiger partial charge >= 0.3 is 0 Å². The molecule has 2 heterocycles. The fraction of sp³-hybridized carbons (Fsp3) is 0.706. The summed E-state index contributed by atoms with van der Waals surface area (Å²) in [5.41, 5.74) is 4.92. The maximum Gasteiger partial charge on any atom is 0.0641 e. The van der Waals surface area contributed by atoms with Crippen molar-refractivity contribution in [1.29, 1.82) is 0 Å². The van der Waals surface area contributed by atoms with Gasteiger partial charge in [0.1, 0.15) is 0 Å². The second kappa shape index (κ2) is 5.82. The van der Waals surface area contributed by atoms with Gasteiger partial charge in [0.15, 0.2) is 0 Å². The zero-order valence-electron chi connectivity index (χ0n) is 13.7. The molecule has 3 heteroatoms. The lowest BCUT2D eigenvalue weighted by molar-refractivity contribution is -0.0640. The van der Waals surface area contributed by atoms with Gasteiger partial charge in [0.2, 0.25) is 0 Å². The molecule has 0 saturated carbocycles. The molecule has 0 bridgehead atoms. The van der Waals surface area contributed by atoms with Crippen LogP contribution in [-0.4, -0.2) is 23.2 Å². The first kappa shape index (κ1) is 15.5. The van der Waals surface area contributed by atoms with E-state index in [1.807, 2.05) is 0 Å². The first-order chi connectivity index (χ1) is 9.28. The van der Waals surface area contributed by atoms with Crippen LogP contribution in [0.15, 0.2) is 6.07 Å². The number of hydrogen-bond donors (Lipinski definition) is 1. The molecule has 0 amide bonds. The monoisotopic (exact) mass is 276 g/mol. The summed E-state index contributed by atoms with van der Waals surface area (Å²) in [7, 11) is 0. The third kappa shape index (κ3) is 3.58. The van der Waals surface area contributed by atoms with Crippen LogP contribution in [0, 0.1) is 20.8 Å². The van der Waals surface area contributed by atoms with E-state index >= 15 is 0 Å². The molecule has 0 aromatic carbocycles. The molecular weight excluding hydrogens is 248 g/mol. The summed E-state index contributed by atoms with van der Waals surface area (Å²) < 4.78 is 5.79. The molecule has 1 fully saturated rings. The van der Waals surface area contributed by atoms with E-state index in [9.17, 15) is 0 Å². The zero-order valence-corrected chi connectivity index (χ0v) is 13.7. The Morgan fingerprint density at radius 3 is 2.65 bits per heavy atom. The predicted molar refractivity (Wildman–Crippen MR) is 83.1 cm³/mol. The molecule has 1 N–H and O–H groups in total. The minimum absolute atomic E-state index is 0.00868. The second-order valence-corrected chi connectivity index (χ2v) is 6.77. The summed E-state index contributed by atoms with van der Waals surface area (Å²) in [6.07, 6.45) is 2.15. The summed E-state index contributed by atoms with van der Waals surface area (Å²) in [5, 5.41) is 3.77. The molecular formula is C17H28N2O. The van der Waals surface area contributed by atoms with E-state index < -0.39 is 0 Å². The maximum absolute atomic E-state index is 5.79. The molecule has 0 spiro atoms. The second-order valence-electron chi connectivity index (χ2n) is 6.77. The smallest absolute Gasteiger partial charge is 0.0641 e. The molecule has 1 aromatic rings. The van der Waals surface area contributed by atoms with Crippen molar-refractivity contribution in [2.24, 2.45) is 0 Å². The van der Waals surface area contributed by atoms with Crippen molar-refractivity contribution in [3.63, 3.8) is 0 Å². The highest BCUT2D eigenvalue weighted by Crippen LogP contribution is 2.27. The largest absolute Gasteiger partial charge is 0.375 e. The Hall–Kier alpha value is -0.930. The van der Waals surface area contributed by atoms with Crippen LogP contribution >= 0.6 is 0 Å². The highest BCUT2D eigenvalue weighted by molar-refractivity contribution is 5.33. The Labute approximate surface area is 123 Å². The summed E-state index contributed by atoms with van der Waals surface area (Å²) in [4.78, 5) is 4.61. The lowest BCUT2D eigenvalue weighted by Gasteiger charge is -2.37. The SMILES string of the molecule is Cc1cc(C)c(C(C)NC2CCOC(C)(C)C2)c(C)n1. The van der Waals surface area contributed by atoms with Crippen molar-refractivity contribution < 1.29 is 4.74 Å². The molecule has 1 aliphatic rings. The van der Waals surface area contributed by atoms with E-state index in [0.29, 0.717) is 12.1 Å². The van der Waals surface area contributed by atoms with Gasteiger partial charge in [0.05, 0.1) is 5.60 Å². The molecule has 20 heavy (non-hydrogen) atoms. The van der Waals surface area contributed by atoms with Crippen LogP contribution in [0.2, 0.25) is 0 Å². The Balaban J connectivity index is 2.10. The molecule has 2 atom stereocenters. The van der Waals surface area contributed by atoms with Crippen LogP contribution in [0.4, 0.5) is 0 Å². The molecule has 2 unspecified atom stereocenters. The molecule has 1 aliphatic heterocycles. The molecule has 2 rings (SSSR count). The third-order valence-corrected chi connectivity index (χ3v) is 4.20. The predicted octanol–water partition coefficient (Wildman–Crippen LogP) is 3.62. The number of aromatic nitrogens is 1. The topological polar surface area (TPSA) is 34.1 Å². The summed E-state index contributed by atoms with van der Waals surface area (Å²) in [5.74, 6) is 0. The number of nitrogens with one attached hydrogen (secondary N) is 1. The van der Waals surface area contributed by atoms with Crippen LogP contribution in [0.3, 0.4) is 0 Å². The van der Waals surface area contributed by atoms with E-state index in [4.69, 9.17) is 4.74 Å². The van der Waals surface area contributed by atoms with E-state index in [1.54, 1.807) is 0 Å². The van der Waals surface area contributed by atoms with Crippen molar-refractivity contribution in [2.45, 2.75) is 72.1 Å². The average molecular weight is 276 g/mol. The molecule has 1 aromatic heterocycles. The quantitative estimate of drug-likeness (QED) is 0.915. The first-order valence-corrected chi connectivity index (χ1v) is 7.63. The van der Waals surface area contributed by atoms with Crippen LogP contribution in [-0.2, 0) is 4.74 Å². The average Bonchev–Trinajstić information content (AvgIpc) is 2.25. The lowest BCUT2D eigenvalue weighted by atomic mass is 9.92. The Kier molecular flexibility index (Phi) is 4.50. The van der Waals surface area contributed by atoms with Crippen molar-refractivity contribution in [1.82, 2.24) is 10.3 Å². The first-order valence-electron chi connectivity index (χ1n) is 7.63. The van der Waals surface area contributed by atoms with Gasteiger partial charge in [-0.15, -0.1) is 0 Å². The van der Waals surface area contributed by atoms with Crippen molar-refractivity contribution in [3.05, 3.63) is 28.6 Å². The van der Waals surface area contributed by atoms with Crippen molar-refractivity contribution >= 4 is 0 Å². The van der Waals surface area contributed by atoms with Gasteiger partial charge < -0.3 is 10.1 Å². The van der Waals surface area contributed by atoms with E-state index in [1.165, 1.54) is 11.1 Å². The van der Waals surface area contributed by atoms with E-state index in [-0.39, 0.29) is 5.60 Å². The number of rotatable bonds is 3. The zero-order chi connectivity index (χ0) is 14.9. The minimum Gasteiger partial charge on any atom is -0.375 e. The lowest BCUT2D eigenvalue weighted by Crippen LogP contribution is -2.44. The van der Waals surface area contributed by atoms with Gasteiger partial charge in [0, 0.05) is 30.1 Å². The fourth-order valence-corrected chi connectivity index (χ4v) is 3.50. The van der Waals surface area contributed by atoms with Crippen LogP contribution < -0.4 is 5.32 Å². The minimum atomic E-state index is -0.00868. The van der Waals surface area contributed by atoms with Gasteiger partial charge in [-0.1, -0.05) is 0 Å². The number of hydrogen-bond acceptors (Lipinski definition) is 3. The normalized spacial score (nSPS) is 23.6. The number of pyridine rings is 1. The number of nitrogens with zero attached hydrogens (tertiary/aromatic N) is 1. The fourth-order valence-electron chi connectivity index (χ4n) is 3.50. The molecule has 112 valence electrons. The van der Waals surface area contributed by atoms with Gasteiger partial charge in [-0.25, -0.2) is 0 Å². The standard InChI is InChI=1S/C17H28N2O/c1-11-9-12(2)18-13(3)16(11)14(4)19-15-7-8-20-17(5,6)10-15/h9,14-15,19H,7-8,10H2,1-6H3. The van der Waals surface area contributed by atoms with Gasteiger partial charge in [0.25, 0.3) is 0 Å². The van der Waals surface area contributed by atoms with E-state index in [2.05, 4.69) is 57.9 Å². The van der Waals surface area contributed by atoms with Gasteiger partial charge in [-0.3, -0.25) is 4.98 Å². The number of aryl methyl sites for hydroxylation is 3. The van der Waals surface area contributed by atoms with Crippen LogP contribution in [0.25, 0.3) is 0 Å². The van der Waals surface area contributed by atoms with Crippen molar-refractivity contribution in [2.75, 3.05) is 6.61 Å². The maximum atomic E-state index is 5.79. The number of ether oxygens (including phenoxy) is 1. The highest BCUT2D eigenvalue weighted by Gasteiger charge is 2.29. The summed E-state index contributed by atoms with van der Waals surface area (Å²) in [6, 6.07) is 3.03. The van der Waals surface area contributed by atoms with Gasteiger partial charge in [-0.2, -0.15) is 0 Å². The Morgan fingerprint density at radius 1 is 1.35 bits per heavy atom. The molecule has 1 saturated heterocycles. The highest BCUT2D eigenvalue weighted by atomic mass is 16.5. The van der Waals surface area contributed by atoms with E-state index in [0.717, 1.165) is 30.8 Å². The van der Waals surface area contributed by atoms with Gasteiger partial charge in [-0.05, 0) is 71.6 Å². The van der Waals surface area contributed by atoms with Crippen LogP contribution in [0.1, 0.15) is 62.2 Å². The summed E-state index contributed by atoms with van der Waals surface area (Å²) in [6.45, 7) is 13.8. The van der Waals surface area contributed by atoms with Crippen molar-refractivity contribution in [3.8, 4) is 0 Å². The molecule has 0 aliphatic carbocycles. The summed E-state index contributed by atoms with van der Waals surface area (Å²) >= 11 is 0. The third-order valence-electron chi connectivity index (χ3n) is 4.20. The van der Waals surface area contributed by atoms with Crippen LogP contribution in [0.5, 0.6) is 0 Å². The molecule has 0 radical (unpaired) electrons. The molecule has 3 nitrogen and oxygen atoms in total. The Morgan fingerprint density at radius 2 is 2.05 bits per heavy atom. The Bertz CT molecular complexity index is 459.